The van der Waals surface area contributed by atoms with Crippen LogP contribution in [0.5, 0.6) is 5.75 Å². The van der Waals surface area contributed by atoms with Gasteiger partial charge in [-0.1, -0.05) is 52.3 Å². The average Bonchev–Trinajstić information content (AvgIpc) is 3.79. The SMILES string of the molecule is CCCC1O[C@@H]2C[C@H]3[C@@H]4C[C@H](F)C5=CC(=O)C=C[C@]5(C)[C@@]4(F)[C@@H](O)C[C@]3(C)[C@]2(C(=O)COc2ccc(NC(=O)OCc3ccc(NC(=O)C(CCCNC(N)=O)NC(=O)C(N)C(C)C)cc3)cc2)O1. The fourth-order valence-electron chi connectivity index (χ4n) is 11.4. The molecule has 3 saturated carbocycles. The van der Waals surface area contributed by atoms with Crippen molar-refractivity contribution >= 4 is 46.9 Å². The van der Waals surface area contributed by atoms with Crippen molar-refractivity contribution in [3.05, 3.63) is 77.9 Å². The Labute approximate surface area is 399 Å². The zero-order valence-corrected chi connectivity index (χ0v) is 39.6. The zero-order chi connectivity index (χ0) is 50.1. The van der Waals surface area contributed by atoms with Gasteiger partial charge in [0.1, 0.15) is 31.2 Å². The second-order valence-electron chi connectivity index (χ2n) is 19.7. The molecule has 17 nitrogen and oxygen atoms in total. The Morgan fingerprint density at radius 2 is 1.65 bits per heavy atom. The number of carbonyl (C=O) groups excluding carboxylic acids is 6. The quantitative estimate of drug-likeness (QED) is 0.0921. The van der Waals surface area contributed by atoms with Gasteiger partial charge in [0.05, 0.1) is 18.2 Å². The molecule has 3 unspecified atom stereocenters. The highest BCUT2D eigenvalue weighted by Crippen LogP contribution is 2.72. The van der Waals surface area contributed by atoms with E-state index in [9.17, 15) is 33.9 Å². The third kappa shape index (κ3) is 9.75. The van der Waals surface area contributed by atoms with E-state index >= 15 is 8.78 Å². The van der Waals surface area contributed by atoms with Crippen molar-refractivity contribution in [1.29, 1.82) is 0 Å². The van der Waals surface area contributed by atoms with Gasteiger partial charge in [-0.2, -0.15) is 0 Å². The number of fused-ring (bicyclic) bond motifs is 7. The van der Waals surface area contributed by atoms with Crippen LogP contribution < -0.4 is 37.5 Å². The number of amides is 5. The number of halogens is 2. The van der Waals surface area contributed by atoms with Gasteiger partial charge in [0, 0.05) is 34.7 Å². The van der Waals surface area contributed by atoms with E-state index in [0.29, 0.717) is 42.0 Å². The predicted octanol–water partition coefficient (Wildman–Crippen LogP) is 5.45. The maximum Gasteiger partial charge on any atom is 0.411 e. The van der Waals surface area contributed by atoms with Crippen molar-refractivity contribution in [2.24, 2.45) is 40.1 Å². The summed E-state index contributed by atoms with van der Waals surface area (Å²) in [6, 6.07) is 10.3. The summed E-state index contributed by atoms with van der Waals surface area (Å²) in [7, 11) is 0. The minimum Gasteiger partial charge on any atom is -0.486 e. The van der Waals surface area contributed by atoms with E-state index in [-0.39, 0.29) is 50.3 Å². The molecule has 1 heterocycles. The lowest BCUT2D eigenvalue weighted by Gasteiger charge is -2.63. The fourth-order valence-corrected chi connectivity index (χ4v) is 11.4. The van der Waals surface area contributed by atoms with E-state index in [1.807, 2.05) is 6.92 Å². The number of anilines is 2. The van der Waals surface area contributed by atoms with Crippen LogP contribution in [0.4, 0.5) is 29.7 Å². The average molecular weight is 963 g/mol. The highest BCUT2D eigenvalue weighted by molar-refractivity contribution is 6.01. The van der Waals surface area contributed by atoms with Crippen LogP contribution >= 0.6 is 0 Å². The summed E-state index contributed by atoms with van der Waals surface area (Å²) in [4.78, 5) is 76.6. The summed E-state index contributed by atoms with van der Waals surface area (Å²) in [5.74, 6) is -3.36. The molecule has 0 spiro atoms. The number of hydrogen-bond acceptors (Lipinski definition) is 12. The summed E-state index contributed by atoms with van der Waals surface area (Å²) in [5, 5.41) is 22.4. The number of rotatable bonds is 18. The Morgan fingerprint density at radius 1 is 0.971 bits per heavy atom. The van der Waals surface area contributed by atoms with Gasteiger partial charge in [-0.15, -0.1) is 0 Å². The molecule has 7 rings (SSSR count). The molecular formula is C50H64F2N6O11. The maximum absolute atomic E-state index is 17.8. The van der Waals surface area contributed by atoms with Crippen molar-refractivity contribution in [3.63, 3.8) is 0 Å². The first kappa shape index (κ1) is 51.1. The Balaban J connectivity index is 0.940. The molecule has 0 bridgehead atoms. The monoisotopic (exact) mass is 962 g/mol. The summed E-state index contributed by atoms with van der Waals surface area (Å²) in [5.41, 5.74) is 5.83. The molecule has 4 fully saturated rings. The molecule has 4 aliphatic carbocycles. The first-order chi connectivity index (χ1) is 32.7. The van der Waals surface area contributed by atoms with Crippen LogP contribution in [0, 0.1) is 28.6 Å². The second-order valence-corrected chi connectivity index (χ2v) is 19.7. The van der Waals surface area contributed by atoms with Crippen molar-refractivity contribution in [2.45, 2.75) is 134 Å². The number of benzene rings is 2. The van der Waals surface area contributed by atoms with Crippen LogP contribution in [0.15, 0.2) is 72.3 Å². The summed E-state index contributed by atoms with van der Waals surface area (Å²) < 4.78 is 58.3. The Morgan fingerprint density at radius 3 is 2.32 bits per heavy atom. The van der Waals surface area contributed by atoms with Crippen molar-refractivity contribution < 1.29 is 61.6 Å². The minimum absolute atomic E-state index is 0.0180. The summed E-state index contributed by atoms with van der Waals surface area (Å²) >= 11 is 0. The van der Waals surface area contributed by atoms with Crippen LogP contribution in [0.1, 0.15) is 85.1 Å². The number of ether oxygens (including phenoxy) is 4. The predicted molar refractivity (Wildman–Crippen MR) is 249 cm³/mol. The Kier molecular flexibility index (Phi) is 15.0. The zero-order valence-electron chi connectivity index (χ0n) is 39.6. The molecule has 19 heteroatoms. The van der Waals surface area contributed by atoms with E-state index in [0.717, 1.165) is 6.08 Å². The van der Waals surface area contributed by atoms with Gasteiger partial charge in [0.15, 0.2) is 23.3 Å². The van der Waals surface area contributed by atoms with E-state index in [1.165, 1.54) is 19.1 Å². The molecule has 5 aliphatic rings. The summed E-state index contributed by atoms with van der Waals surface area (Å²) in [6.45, 7) is 8.51. The lowest BCUT2D eigenvalue weighted by Crippen LogP contribution is -2.71. The molecule has 0 aromatic heterocycles. The molecule has 9 N–H and O–H groups in total. The smallest absolute Gasteiger partial charge is 0.411 e. The van der Waals surface area contributed by atoms with E-state index < -0.39 is 113 Å². The van der Waals surface area contributed by atoms with E-state index in [4.69, 9.17) is 30.4 Å². The number of primary amides is 1. The number of allylic oxidation sites excluding steroid dienone is 4. The number of ketones is 2. The lowest BCUT2D eigenvalue weighted by molar-refractivity contribution is -0.234. The largest absolute Gasteiger partial charge is 0.486 e. The first-order valence-electron chi connectivity index (χ1n) is 23.6. The normalized spacial score (nSPS) is 31.7. The molecule has 1 aliphatic heterocycles. The molecule has 1 saturated heterocycles. The third-order valence-corrected chi connectivity index (χ3v) is 15.0. The van der Waals surface area contributed by atoms with Gasteiger partial charge < -0.3 is 51.5 Å². The van der Waals surface area contributed by atoms with Crippen LogP contribution in [-0.4, -0.2) is 102 Å². The number of Topliss-reactive ketones (excluding diaryl/α,β-unsaturated/α-hetero) is 1. The van der Waals surface area contributed by atoms with Gasteiger partial charge in [0.25, 0.3) is 0 Å². The number of urea groups is 1. The molecule has 2 aromatic rings. The van der Waals surface area contributed by atoms with Crippen molar-refractivity contribution in [2.75, 3.05) is 23.8 Å². The first-order valence-corrected chi connectivity index (χ1v) is 23.6. The fraction of sp³-hybridized carbons (Fsp3) is 0.560. The number of carbonyl (C=O) groups is 6. The van der Waals surface area contributed by atoms with Crippen LogP contribution in [0.2, 0.25) is 0 Å². The molecule has 374 valence electrons. The van der Waals surface area contributed by atoms with Gasteiger partial charge in [-0.3, -0.25) is 24.5 Å². The maximum atomic E-state index is 17.8. The number of hydrogen-bond donors (Lipinski definition) is 7. The molecule has 0 radical (unpaired) electrons. The third-order valence-electron chi connectivity index (χ3n) is 15.0. The number of nitrogens with one attached hydrogen (secondary N) is 4. The highest BCUT2D eigenvalue weighted by atomic mass is 19.1. The van der Waals surface area contributed by atoms with Gasteiger partial charge >= 0.3 is 12.1 Å². The van der Waals surface area contributed by atoms with Crippen molar-refractivity contribution in [3.8, 4) is 5.75 Å². The van der Waals surface area contributed by atoms with E-state index in [2.05, 4.69) is 21.3 Å². The Hall–Kier alpha value is -5.76. The summed E-state index contributed by atoms with van der Waals surface area (Å²) in [6.07, 6.45) is -0.273. The number of aliphatic hydroxyl groups is 1. The van der Waals surface area contributed by atoms with Crippen molar-refractivity contribution in [1.82, 2.24) is 10.6 Å². The Bertz CT molecular complexity index is 2350. The van der Waals surface area contributed by atoms with Crippen LogP contribution in [0.25, 0.3) is 0 Å². The lowest BCUT2D eigenvalue weighted by atomic mass is 9.44. The minimum atomic E-state index is -2.33. The molecule has 2 aromatic carbocycles. The topological polar surface area (TPSA) is 260 Å². The number of alkyl halides is 2. The van der Waals surface area contributed by atoms with Gasteiger partial charge in [-0.05, 0) is 117 Å². The molecule has 69 heavy (non-hydrogen) atoms. The van der Waals surface area contributed by atoms with Crippen LogP contribution in [0.3, 0.4) is 0 Å². The highest BCUT2D eigenvalue weighted by Gasteiger charge is 2.80. The molecule has 12 atom stereocenters. The number of nitrogens with two attached hydrogens (primary N) is 2. The number of aliphatic hydroxyl groups excluding tert-OH is 1. The standard InChI is InChI=1S/C50H64F2N6O11/c1-6-8-41-68-40-23-33-34-22-36(51)35-21-31(59)18-19-47(35,4)49(34,52)38(60)24-48(33,5)50(40,69-41)39(61)26-66-32-16-14-30(15-17-32)57-46(65)67-25-28-10-12-29(13-11-28)56-43(62)37(9-7-20-55-45(54)64)58-44(63)42(53)27(2)3/h10-19,21,27,33-34,36-38,40-42,60H,6-9,20,22-26,53H2,1-5H3,(H,56,62)(H,57,65)(H,58,63)(H3,54,55,64)/t33-,34-,36-,37?,38-,40+,41?,42?,47-,48-,49-,50+/m0/s1. The van der Waals surface area contributed by atoms with Gasteiger partial charge in [-0.25, -0.2) is 18.4 Å². The molecular weight excluding hydrogens is 899 g/mol. The molecule has 5 amide bonds. The van der Waals surface area contributed by atoms with Crippen LogP contribution in [-0.2, 0) is 40.0 Å². The second kappa shape index (κ2) is 20.3. The van der Waals surface area contributed by atoms with Gasteiger partial charge in [0.2, 0.25) is 17.6 Å². The van der Waals surface area contributed by atoms with E-state index in [1.54, 1.807) is 69.3 Å².